The zero-order valence-corrected chi connectivity index (χ0v) is 21.2. The van der Waals surface area contributed by atoms with E-state index in [0.717, 1.165) is 66.9 Å². The maximum Gasteiger partial charge on any atom is 0.303 e. The lowest BCUT2D eigenvalue weighted by atomic mass is 9.79. The third kappa shape index (κ3) is 6.50. The van der Waals surface area contributed by atoms with E-state index in [0.29, 0.717) is 5.92 Å². The number of aliphatic carboxylic acids is 1. The summed E-state index contributed by atoms with van der Waals surface area (Å²) in [6.07, 6.45) is 4.82. The highest BCUT2D eigenvalue weighted by Crippen LogP contribution is 2.34. The number of thiophene rings is 1. The normalized spacial score (nSPS) is 19.8. The number of pyridine rings is 1. The third-order valence-corrected chi connectivity index (χ3v) is 8.90. The zero-order chi connectivity index (χ0) is 23.9. The number of nitrogens with two attached hydrogens (primary N) is 1. The topological polar surface area (TPSA) is 88.7 Å². The van der Waals surface area contributed by atoms with Gasteiger partial charge in [0.15, 0.2) is 0 Å². The molecule has 1 aliphatic rings. The lowest BCUT2D eigenvalue weighted by Gasteiger charge is -2.38. The molecule has 0 radical (unpaired) electrons. The van der Waals surface area contributed by atoms with Crippen molar-refractivity contribution >= 4 is 40.0 Å². The summed E-state index contributed by atoms with van der Waals surface area (Å²) in [4.78, 5) is 18.5. The van der Waals surface area contributed by atoms with E-state index in [1.807, 2.05) is 42.2 Å². The fourth-order valence-corrected chi connectivity index (χ4v) is 6.82. The van der Waals surface area contributed by atoms with Crippen LogP contribution in [0.4, 0.5) is 0 Å². The van der Waals surface area contributed by atoms with Crippen LogP contribution in [0, 0.1) is 11.8 Å². The van der Waals surface area contributed by atoms with Crippen molar-refractivity contribution in [1.29, 1.82) is 0 Å². The molecule has 0 amide bonds. The Balaban J connectivity index is 1.35. The van der Waals surface area contributed by atoms with Crippen molar-refractivity contribution in [3.05, 3.63) is 53.5 Å². The van der Waals surface area contributed by atoms with Gasteiger partial charge >= 0.3 is 5.97 Å². The summed E-state index contributed by atoms with van der Waals surface area (Å²) < 4.78 is 6.73. The smallest absolute Gasteiger partial charge is 0.303 e. The van der Waals surface area contributed by atoms with Crippen molar-refractivity contribution in [1.82, 2.24) is 9.88 Å². The summed E-state index contributed by atoms with van der Waals surface area (Å²) in [6, 6.07) is 12.0. The van der Waals surface area contributed by atoms with Gasteiger partial charge in [0.2, 0.25) is 0 Å². The molecule has 3 N–H and O–H groups in total. The number of thioether (sulfide) groups is 1. The van der Waals surface area contributed by atoms with Gasteiger partial charge in [0, 0.05) is 42.9 Å². The average molecular weight is 500 g/mol. The van der Waals surface area contributed by atoms with Crippen LogP contribution < -0.4 is 10.5 Å². The second kappa shape index (κ2) is 12.0. The number of hydrogen-bond donors (Lipinski definition) is 2. The molecule has 0 bridgehead atoms. The number of methoxy groups -OCH3 is 1. The number of likely N-dealkylation sites (tertiary alicyclic amines) is 1. The molecule has 8 heteroatoms. The molecule has 1 unspecified atom stereocenters. The van der Waals surface area contributed by atoms with E-state index in [1.54, 1.807) is 18.4 Å². The number of ether oxygens (including phenoxy) is 1. The molecule has 2 aromatic heterocycles. The van der Waals surface area contributed by atoms with Crippen molar-refractivity contribution in [3.63, 3.8) is 0 Å². The van der Waals surface area contributed by atoms with Crippen LogP contribution in [0.15, 0.2) is 52.2 Å². The Kier molecular flexibility index (Phi) is 8.83. The number of benzene rings is 1. The highest BCUT2D eigenvalue weighted by atomic mass is 32.2. The first kappa shape index (κ1) is 25.0. The summed E-state index contributed by atoms with van der Waals surface area (Å²) in [6.45, 7) is 2.87. The maximum atomic E-state index is 11.6. The van der Waals surface area contributed by atoms with E-state index < -0.39 is 5.97 Å². The molecule has 6 nitrogen and oxygen atoms in total. The Morgan fingerprint density at radius 3 is 3.00 bits per heavy atom. The van der Waals surface area contributed by atoms with Gasteiger partial charge in [-0.3, -0.25) is 9.78 Å². The second-order valence-corrected chi connectivity index (χ2v) is 11.3. The quantitative estimate of drug-likeness (QED) is 0.347. The van der Waals surface area contributed by atoms with Crippen molar-refractivity contribution in [3.8, 4) is 5.75 Å². The monoisotopic (exact) mass is 499 g/mol. The molecule has 1 aliphatic heterocycles. The minimum absolute atomic E-state index is 0.122. The number of hydrogen-bond acceptors (Lipinski definition) is 7. The van der Waals surface area contributed by atoms with Crippen molar-refractivity contribution in [2.24, 2.45) is 17.6 Å². The lowest BCUT2D eigenvalue weighted by Crippen LogP contribution is -2.42. The Morgan fingerprint density at radius 2 is 2.24 bits per heavy atom. The molecule has 34 heavy (non-hydrogen) atoms. The molecule has 1 aromatic carbocycles. The van der Waals surface area contributed by atoms with E-state index in [9.17, 15) is 9.90 Å². The average Bonchev–Trinajstić information content (AvgIpc) is 3.36. The Labute approximate surface area is 209 Å². The minimum atomic E-state index is -0.707. The summed E-state index contributed by atoms with van der Waals surface area (Å²) >= 11 is 3.65. The number of carboxylic acids is 1. The van der Waals surface area contributed by atoms with Crippen molar-refractivity contribution in [2.45, 2.75) is 35.9 Å². The molecule has 1 saturated heterocycles. The maximum absolute atomic E-state index is 11.6. The van der Waals surface area contributed by atoms with E-state index in [-0.39, 0.29) is 18.4 Å². The summed E-state index contributed by atoms with van der Waals surface area (Å²) in [5.74, 6) is 1.67. The standard InChI is InChI=1S/C26H33N3O3S2/c1-32-20-5-7-24-22(16-20)21(8-10-28-24)23(27)6-4-18-9-11-29(17-19(18)15-25(30)31)12-14-34-26-3-2-13-33-26/h2-3,5,7-8,10,13,16,18-19,23H,4,6,9,11-12,14-15,17,27H2,1H3,(H,30,31)/t18-,19+,23?/m1/s1. The number of fused-ring (bicyclic) bond motifs is 1. The van der Waals surface area contributed by atoms with Gasteiger partial charge in [0.25, 0.3) is 0 Å². The van der Waals surface area contributed by atoms with Gasteiger partial charge in [0.1, 0.15) is 5.75 Å². The first-order chi connectivity index (χ1) is 16.5. The Bertz CT molecular complexity index is 1080. The van der Waals surface area contributed by atoms with Crippen LogP contribution in [0.5, 0.6) is 5.75 Å². The van der Waals surface area contributed by atoms with Crippen LogP contribution in [0.25, 0.3) is 10.9 Å². The van der Waals surface area contributed by atoms with Gasteiger partial charge in [-0.2, -0.15) is 0 Å². The lowest BCUT2D eigenvalue weighted by molar-refractivity contribution is -0.139. The molecule has 3 aromatic rings. The largest absolute Gasteiger partial charge is 0.497 e. The summed E-state index contributed by atoms with van der Waals surface area (Å²) in [5, 5.41) is 12.7. The SMILES string of the molecule is COc1ccc2nccc(C(N)CC[C@@H]3CCN(CCSc4cccs4)C[C@@H]3CC(=O)O)c2c1. The number of rotatable bonds is 11. The van der Waals surface area contributed by atoms with Crippen molar-refractivity contribution < 1.29 is 14.6 Å². The Hall–Kier alpha value is -2.13. The molecule has 4 rings (SSSR count). The van der Waals surface area contributed by atoms with Crippen LogP contribution in [-0.2, 0) is 4.79 Å². The highest BCUT2D eigenvalue weighted by Gasteiger charge is 2.31. The molecular formula is C26H33N3O3S2. The molecule has 3 atom stereocenters. The van der Waals surface area contributed by atoms with Gasteiger partial charge in [-0.05, 0) is 78.9 Å². The van der Waals surface area contributed by atoms with Crippen LogP contribution in [0.3, 0.4) is 0 Å². The van der Waals surface area contributed by atoms with Crippen molar-refractivity contribution in [2.75, 3.05) is 32.5 Å². The molecule has 0 saturated carbocycles. The predicted octanol–water partition coefficient (Wildman–Crippen LogP) is 5.29. The highest BCUT2D eigenvalue weighted by molar-refractivity contribution is 8.01. The van der Waals surface area contributed by atoms with Crippen LogP contribution in [-0.4, -0.2) is 53.5 Å². The number of carbonyl (C=O) groups is 1. The Morgan fingerprint density at radius 1 is 1.35 bits per heavy atom. The van der Waals surface area contributed by atoms with Crippen LogP contribution >= 0.6 is 23.1 Å². The second-order valence-electron chi connectivity index (χ2n) is 8.95. The van der Waals surface area contributed by atoms with Crippen LogP contribution in [0.1, 0.15) is 37.3 Å². The van der Waals surface area contributed by atoms with E-state index in [4.69, 9.17) is 10.5 Å². The summed E-state index contributed by atoms with van der Waals surface area (Å²) in [7, 11) is 1.66. The van der Waals surface area contributed by atoms with Gasteiger partial charge < -0.3 is 20.5 Å². The van der Waals surface area contributed by atoms with Gasteiger partial charge in [-0.25, -0.2) is 0 Å². The van der Waals surface area contributed by atoms with E-state index in [2.05, 4.69) is 27.4 Å². The number of carboxylic acid groups (broad SMARTS) is 1. The minimum Gasteiger partial charge on any atom is -0.497 e. The number of nitrogens with zero attached hydrogens (tertiary/aromatic N) is 2. The van der Waals surface area contributed by atoms with E-state index in [1.165, 1.54) is 4.21 Å². The first-order valence-electron chi connectivity index (χ1n) is 11.8. The molecular weight excluding hydrogens is 466 g/mol. The zero-order valence-electron chi connectivity index (χ0n) is 19.6. The third-order valence-electron chi connectivity index (χ3n) is 6.79. The summed E-state index contributed by atoms with van der Waals surface area (Å²) in [5.41, 5.74) is 8.64. The van der Waals surface area contributed by atoms with E-state index >= 15 is 0 Å². The number of aromatic nitrogens is 1. The fourth-order valence-electron chi connectivity index (χ4n) is 4.96. The molecule has 0 spiro atoms. The molecule has 0 aliphatic carbocycles. The molecule has 3 heterocycles. The first-order valence-corrected chi connectivity index (χ1v) is 13.7. The van der Waals surface area contributed by atoms with Gasteiger partial charge in [-0.1, -0.05) is 6.07 Å². The van der Waals surface area contributed by atoms with Gasteiger partial charge in [-0.15, -0.1) is 23.1 Å². The molecule has 1 fully saturated rings. The molecule has 182 valence electrons. The van der Waals surface area contributed by atoms with Crippen LogP contribution in [0.2, 0.25) is 0 Å². The van der Waals surface area contributed by atoms with Gasteiger partial charge in [0.05, 0.1) is 16.8 Å². The fraction of sp³-hybridized carbons (Fsp3) is 0.462. The number of piperidine rings is 1. The predicted molar refractivity (Wildman–Crippen MR) is 140 cm³/mol.